The Morgan fingerprint density at radius 3 is 2.44 bits per heavy atom. The Morgan fingerprint density at radius 1 is 1.56 bits per heavy atom. The van der Waals surface area contributed by atoms with E-state index in [1.165, 1.54) is 6.54 Å². The fourth-order valence-electron chi connectivity index (χ4n) is 1.18. The highest BCUT2D eigenvalue weighted by atomic mass is 15.3. The Labute approximate surface area is 57.2 Å². The molecule has 0 aromatic carbocycles. The Balaban J connectivity index is 2.30. The first-order valence-electron chi connectivity index (χ1n) is 3.62. The Kier molecular flexibility index (Phi) is 2.09. The molecule has 1 heterocycles. The van der Waals surface area contributed by atoms with Crippen LogP contribution in [0.1, 0.15) is 13.8 Å². The second-order valence-corrected chi connectivity index (χ2v) is 3.25. The lowest BCUT2D eigenvalue weighted by Crippen LogP contribution is -2.29. The minimum atomic E-state index is 0.718. The van der Waals surface area contributed by atoms with Crippen LogP contribution in [0.25, 0.3) is 0 Å². The molecule has 1 aliphatic heterocycles. The van der Waals surface area contributed by atoms with Gasteiger partial charge in [-0.05, 0) is 13.0 Å². The van der Waals surface area contributed by atoms with Crippen LogP contribution in [0.5, 0.6) is 0 Å². The third-order valence-corrected chi connectivity index (χ3v) is 1.94. The van der Waals surface area contributed by atoms with Crippen LogP contribution in [-0.4, -0.2) is 31.2 Å². The average Bonchev–Trinajstić information content (AvgIpc) is 2.14. The topological polar surface area (TPSA) is 15.3 Å². The van der Waals surface area contributed by atoms with Gasteiger partial charge in [-0.15, -0.1) is 0 Å². The van der Waals surface area contributed by atoms with E-state index in [0.29, 0.717) is 0 Å². The maximum atomic E-state index is 3.43. The number of hydrogen-bond donors (Lipinski definition) is 1. The van der Waals surface area contributed by atoms with Crippen LogP contribution >= 0.6 is 0 Å². The fourth-order valence-corrected chi connectivity index (χ4v) is 1.18. The van der Waals surface area contributed by atoms with E-state index in [1.54, 1.807) is 0 Å². The van der Waals surface area contributed by atoms with E-state index in [-0.39, 0.29) is 0 Å². The molecule has 1 N–H and O–H groups in total. The van der Waals surface area contributed by atoms with Gasteiger partial charge >= 0.3 is 0 Å². The first-order valence-corrected chi connectivity index (χ1v) is 3.62. The lowest BCUT2D eigenvalue weighted by molar-refractivity contribution is 0.392. The molecule has 1 rings (SSSR count). The lowest BCUT2D eigenvalue weighted by Gasteiger charge is -2.12. The van der Waals surface area contributed by atoms with Crippen molar-refractivity contribution in [3.8, 4) is 0 Å². The van der Waals surface area contributed by atoms with Crippen LogP contribution in [0.4, 0.5) is 0 Å². The maximum Gasteiger partial charge on any atom is 0.0480 e. The molecule has 0 radical (unpaired) electrons. The maximum absolute atomic E-state index is 3.43. The summed E-state index contributed by atoms with van der Waals surface area (Å²) >= 11 is 0. The van der Waals surface area contributed by atoms with Crippen molar-refractivity contribution in [1.82, 2.24) is 10.2 Å². The minimum Gasteiger partial charge on any atom is -0.300 e. The van der Waals surface area contributed by atoms with Gasteiger partial charge in [0.1, 0.15) is 0 Å². The predicted molar refractivity (Wildman–Crippen MR) is 39.3 cm³/mol. The van der Waals surface area contributed by atoms with Crippen molar-refractivity contribution in [1.29, 1.82) is 0 Å². The van der Waals surface area contributed by atoms with Gasteiger partial charge in [-0.3, -0.25) is 10.2 Å². The van der Waals surface area contributed by atoms with Crippen LogP contribution in [0, 0.1) is 5.92 Å². The Bertz CT molecular complexity index is 90.9. The van der Waals surface area contributed by atoms with Crippen molar-refractivity contribution in [2.75, 3.05) is 20.3 Å². The Hall–Kier alpha value is -0.0800. The van der Waals surface area contributed by atoms with Gasteiger partial charge in [0.2, 0.25) is 0 Å². The van der Waals surface area contributed by atoms with E-state index < -0.39 is 0 Å². The standard InChI is InChI=1S/C7H16N2/c1-6(2)7-4-9(3)5-8-7/h6-8H,4-5H2,1-3H3. The smallest absolute Gasteiger partial charge is 0.0480 e. The lowest BCUT2D eigenvalue weighted by atomic mass is 10.1. The summed E-state index contributed by atoms with van der Waals surface area (Å²) < 4.78 is 0. The molecule has 2 heteroatoms. The summed E-state index contributed by atoms with van der Waals surface area (Å²) in [4.78, 5) is 2.31. The number of rotatable bonds is 1. The van der Waals surface area contributed by atoms with Gasteiger partial charge in [-0.25, -0.2) is 0 Å². The second kappa shape index (κ2) is 2.67. The van der Waals surface area contributed by atoms with Crippen LogP contribution in [0.15, 0.2) is 0 Å². The molecule has 1 saturated heterocycles. The monoisotopic (exact) mass is 128 g/mol. The second-order valence-electron chi connectivity index (χ2n) is 3.25. The van der Waals surface area contributed by atoms with Crippen LogP contribution in [0.3, 0.4) is 0 Å². The first kappa shape index (κ1) is 7.03. The molecular weight excluding hydrogens is 112 g/mol. The van der Waals surface area contributed by atoms with Gasteiger partial charge in [0.15, 0.2) is 0 Å². The van der Waals surface area contributed by atoms with E-state index >= 15 is 0 Å². The SMILES string of the molecule is CC(C)C1CN(C)CN1. The molecule has 1 aliphatic rings. The van der Waals surface area contributed by atoms with Gasteiger partial charge in [-0.2, -0.15) is 0 Å². The van der Waals surface area contributed by atoms with E-state index in [4.69, 9.17) is 0 Å². The van der Waals surface area contributed by atoms with Gasteiger partial charge in [0, 0.05) is 19.3 Å². The zero-order valence-corrected chi connectivity index (χ0v) is 6.52. The summed E-state index contributed by atoms with van der Waals surface area (Å²) in [5.41, 5.74) is 0. The first-order chi connectivity index (χ1) is 4.20. The average molecular weight is 128 g/mol. The molecule has 1 atom stereocenters. The highest BCUT2D eigenvalue weighted by molar-refractivity contribution is 4.78. The molecule has 0 saturated carbocycles. The summed E-state index contributed by atoms with van der Waals surface area (Å²) in [5.74, 6) is 0.773. The Morgan fingerprint density at radius 2 is 2.22 bits per heavy atom. The normalized spacial score (nSPS) is 30.0. The van der Waals surface area contributed by atoms with Crippen LogP contribution < -0.4 is 5.32 Å². The summed E-state index contributed by atoms with van der Waals surface area (Å²) in [5, 5.41) is 3.43. The number of nitrogens with zero attached hydrogens (tertiary/aromatic N) is 1. The quantitative estimate of drug-likeness (QED) is 0.553. The van der Waals surface area contributed by atoms with Crippen molar-refractivity contribution in [3.05, 3.63) is 0 Å². The van der Waals surface area contributed by atoms with Crippen molar-refractivity contribution in [2.45, 2.75) is 19.9 Å². The van der Waals surface area contributed by atoms with Gasteiger partial charge in [-0.1, -0.05) is 13.8 Å². The summed E-state index contributed by atoms with van der Waals surface area (Å²) in [6.07, 6.45) is 0. The van der Waals surface area contributed by atoms with Gasteiger partial charge in [0.05, 0.1) is 0 Å². The molecule has 9 heavy (non-hydrogen) atoms. The van der Waals surface area contributed by atoms with Crippen molar-refractivity contribution in [2.24, 2.45) is 5.92 Å². The molecule has 2 nitrogen and oxygen atoms in total. The molecule has 1 unspecified atom stereocenters. The molecule has 0 aliphatic carbocycles. The molecule has 0 bridgehead atoms. The molecule has 54 valence electrons. The van der Waals surface area contributed by atoms with Crippen LogP contribution in [-0.2, 0) is 0 Å². The third-order valence-electron chi connectivity index (χ3n) is 1.94. The molecule has 0 aromatic heterocycles. The zero-order valence-electron chi connectivity index (χ0n) is 6.52. The van der Waals surface area contributed by atoms with Gasteiger partial charge < -0.3 is 0 Å². The number of hydrogen-bond acceptors (Lipinski definition) is 2. The van der Waals surface area contributed by atoms with Crippen molar-refractivity contribution >= 4 is 0 Å². The summed E-state index contributed by atoms with van der Waals surface area (Å²) in [7, 11) is 2.15. The van der Waals surface area contributed by atoms with Gasteiger partial charge in [0.25, 0.3) is 0 Å². The van der Waals surface area contributed by atoms with E-state index in [1.807, 2.05) is 0 Å². The van der Waals surface area contributed by atoms with E-state index in [0.717, 1.165) is 18.6 Å². The highest BCUT2D eigenvalue weighted by Crippen LogP contribution is 2.07. The summed E-state index contributed by atoms with van der Waals surface area (Å²) in [6, 6.07) is 0.718. The molecule has 1 fully saturated rings. The fraction of sp³-hybridized carbons (Fsp3) is 1.00. The molecule has 0 spiro atoms. The van der Waals surface area contributed by atoms with E-state index in [2.05, 4.69) is 31.1 Å². The number of likely N-dealkylation sites (N-methyl/N-ethyl adjacent to an activating group) is 1. The van der Waals surface area contributed by atoms with E-state index in [9.17, 15) is 0 Å². The van der Waals surface area contributed by atoms with Crippen molar-refractivity contribution in [3.63, 3.8) is 0 Å². The number of nitrogens with one attached hydrogen (secondary N) is 1. The molecule has 0 aromatic rings. The van der Waals surface area contributed by atoms with Crippen molar-refractivity contribution < 1.29 is 0 Å². The van der Waals surface area contributed by atoms with Crippen LogP contribution in [0.2, 0.25) is 0 Å². The predicted octanol–water partition coefficient (Wildman–Crippen LogP) is 0.504. The summed E-state index contributed by atoms with van der Waals surface area (Å²) in [6.45, 7) is 6.79. The molecule has 0 amide bonds. The third kappa shape index (κ3) is 1.66. The largest absolute Gasteiger partial charge is 0.300 e. The highest BCUT2D eigenvalue weighted by Gasteiger charge is 2.20. The molecular formula is C7H16N2. The minimum absolute atomic E-state index is 0.718. The zero-order chi connectivity index (χ0) is 6.85.